The summed E-state index contributed by atoms with van der Waals surface area (Å²) in [5.41, 5.74) is 1.72. The van der Waals surface area contributed by atoms with E-state index in [1.807, 2.05) is 23.7 Å². The normalized spacial score (nSPS) is 28.7. The highest BCUT2D eigenvalue weighted by Gasteiger charge is 2.43. The van der Waals surface area contributed by atoms with Crippen LogP contribution in [0, 0.1) is 12.3 Å². The molecule has 2 saturated heterocycles. The fraction of sp³-hybridized carbons (Fsp3) is 0.833. The molecule has 3 heterocycles. The Morgan fingerprint density at radius 1 is 1.17 bits per heavy atom. The van der Waals surface area contributed by atoms with Gasteiger partial charge in [0.1, 0.15) is 5.03 Å². The van der Waals surface area contributed by atoms with Crippen LogP contribution in [-0.2, 0) is 11.8 Å². The Morgan fingerprint density at radius 3 is 2.58 bits per heavy atom. The van der Waals surface area contributed by atoms with Gasteiger partial charge in [-0.3, -0.25) is 9.58 Å². The highest BCUT2D eigenvalue weighted by molar-refractivity contribution is 7.97. The van der Waals surface area contributed by atoms with Crippen LogP contribution >= 0.6 is 11.9 Å². The highest BCUT2D eigenvalue weighted by Crippen LogP contribution is 2.48. The molecule has 134 valence electrons. The first-order chi connectivity index (χ1) is 11.6. The van der Waals surface area contributed by atoms with Crippen LogP contribution in [0.5, 0.6) is 0 Å². The van der Waals surface area contributed by atoms with Gasteiger partial charge in [-0.15, -0.1) is 0 Å². The van der Waals surface area contributed by atoms with Gasteiger partial charge in [-0.2, -0.15) is 5.10 Å². The molecule has 2 aliphatic heterocycles. The van der Waals surface area contributed by atoms with Crippen molar-refractivity contribution in [3.63, 3.8) is 0 Å². The van der Waals surface area contributed by atoms with Crippen LogP contribution in [0.3, 0.4) is 0 Å². The minimum atomic E-state index is 0.613. The van der Waals surface area contributed by atoms with E-state index in [2.05, 4.69) is 27.3 Å². The second-order valence-electron chi connectivity index (χ2n) is 7.81. The standard InChI is InChI=1S/C18H30N4OS/c1-15-13-17(20(2)19-15)24-22-7-5-18(6-8-22)4-3-16(14-18)21-9-11-23-12-10-21/h13,16H,3-12,14H2,1-2H3. The smallest absolute Gasteiger partial charge is 0.109 e. The third kappa shape index (κ3) is 3.52. The van der Waals surface area contributed by atoms with Crippen LogP contribution in [0.25, 0.3) is 0 Å². The summed E-state index contributed by atoms with van der Waals surface area (Å²) in [4.78, 5) is 2.69. The number of rotatable bonds is 3. The fourth-order valence-corrected chi connectivity index (χ4v) is 5.75. The van der Waals surface area contributed by atoms with E-state index in [1.165, 1.54) is 50.2 Å². The molecule has 4 rings (SSSR count). The molecule has 1 saturated carbocycles. The van der Waals surface area contributed by atoms with E-state index in [0.717, 1.165) is 38.0 Å². The molecule has 0 radical (unpaired) electrons. The van der Waals surface area contributed by atoms with Crippen molar-refractivity contribution in [2.45, 2.75) is 50.1 Å². The van der Waals surface area contributed by atoms with Gasteiger partial charge in [0.2, 0.25) is 0 Å². The third-order valence-corrected chi connectivity index (χ3v) is 7.40. The van der Waals surface area contributed by atoms with Crippen molar-refractivity contribution in [1.29, 1.82) is 0 Å². The number of hydrogen-bond acceptors (Lipinski definition) is 5. The number of nitrogens with zero attached hydrogens (tertiary/aromatic N) is 4. The summed E-state index contributed by atoms with van der Waals surface area (Å²) in [6, 6.07) is 3.01. The van der Waals surface area contributed by atoms with Crippen molar-refractivity contribution in [2.75, 3.05) is 39.4 Å². The van der Waals surface area contributed by atoms with Gasteiger partial charge in [-0.25, -0.2) is 4.31 Å². The number of hydrogen-bond donors (Lipinski definition) is 0. The Labute approximate surface area is 149 Å². The van der Waals surface area contributed by atoms with E-state index < -0.39 is 0 Å². The summed E-state index contributed by atoms with van der Waals surface area (Å²) in [7, 11) is 2.05. The average Bonchev–Trinajstić information content (AvgIpc) is 3.14. The Kier molecular flexibility index (Phi) is 4.91. The zero-order valence-electron chi connectivity index (χ0n) is 15.0. The van der Waals surface area contributed by atoms with Gasteiger partial charge in [0.25, 0.3) is 0 Å². The second kappa shape index (κ2) is 6.98. The maximum Gasteiger partial charge on any atom is 0.109 e. The summed E-state index contributed by atoms with van der Waals surface area (Å²) >= 11 is 1.89. The van der Waals surface area contributed by atoms with Crippen LogP contribution < -0.4 is 0 Å². The van der Waals surface area contributed by atoms with Crippen molar-refractivity contribution < 1.29 is 4.74 Å². The van der Waals surface area contributed by atoms with Crippen LogP contribution in [0.1, 0.15) is 37.8 Å². The molecule has 3 fully saturated rings. The summed E-state index contributed by atoms with van der Waals surface area (Å²) < 4.78 is 10.1. The van der Waals surface area contributed by atoms with Gasteiger partial charge in [-0.05, 0) is 62.5 Å². The predicted octanol–water partition coefficient (Wildman–Crippen LogP) is 2.70. The molecular weight excluding hydrogens is 320 g/mol. The van der Waals surface area contributed by atoms with Crippen molar-refractivity contribution in [3.8, 4) is 0 Å². The molecule has 3 aliphatic rings. The van der Waals surface area contributed by atoms with Gasteiger partial charge < -0.3 is 4.74 Å². The van der Waals surface area contributed by atoms with Crippen LogP contribution in [0.4, 0.5) is 0 Å². The summed E-state index contributed by atoms with van der Waals surface area (Å²) in [5.74, 6) is 0. The van der Waals surface area contributed by atoms with Crippen LogP contribution in [0.2, 0.25) is 0 Å². The van der Waals surface area contributed by atoms with Crippen molar-refractivity contribution in [3.05, 3.63) is 11.8 Å². The van der Waals surface area contributed by atoms with Crippen molar-refractivity contribution >= 4 is 11.9 Å². The molecule has 1 aromatic heterocycles. The lowest BCUT2D eigenvalue weighted by atomic mass is 9.77. The molecule has 0 N–H and O–H groups in total. The zero-order valence-corrected chi connectivity index (χ0v) is 15.9. The molecule has 24 heavy (non-hydrogen) atoms. The first-order valence-corrected chi connectivity index (χ1v) is 10.2. The highest BCUT2D eigenvalue weighted by atomic mass is 32.2. The maximum atomic E-state index is 5.52. The van der Waals surface area contributed by atoms with Crippen LogP contribution in [-0.4, -0.2) is 64.4 Å². The molecule has 5 nitrogen and oxygen atoms in total. The minimum Gasteiger partial charge on any atom is -0.379 e. The van der Waals surface area contributed by atoms with E-state index in [-0.39, 0.29) is 0 Å². The third-order valence-electron chi connectivity index (χ3n) is 6.20. The number of aromatic nitrogens is 2. The average molecular weight is 351 g/mol. The van der Waals surface area contributed by atoms with E-state index in [1.54, 1.807) is 0 Å². The molecule has 1 unspecified atom stereocenters. The van der Waals surface area contributed by atoms with Gasteiger partial charge in [-0.1, -0.05) is 0 Å². The molecule has 1 spiro atoms. The van der Waals surface area contributed by atoms with Crippen LogP contribution in [0.15, 0.2) is 11.1 Å². The number of ether oxygens (including phenoxy) is 1. The SMILES string of the molecule is Cc1cc(SN2CCC3(CCC(N4CCOCC4)C3)CC2)n(C)n1. The molecule has 1 aromatic rings. The molecule has 0 aromatic carbocycles. The number of piperidine rings is 1. The van der Waals surface area contributed by atoms with E-state index in [9.17, 15) is 0 Å². The minimum absolute atomic E-state index is 0.613. The quantitative estimate of drug-likeness (QED) is 0.783. The molecule has 1 aliphatic carbocycles. The monoisotopic (exact) mass is 350 g/mol. The number of aryl methyl sites for hydroxylation is 2. The molecule has 6 heteroatoms. The van der Waals surface area contributed by atoms with Gasteiger partial charge >= 0.3 is 0 Å². The Morgan fingerprint density at radius 2 is 1.92 bits per heavy atom. The Balaban J connectivity index is 1.30. The molecule has 0 amide bonds. The van der Waals surface area contributed by atoms with E-state index >= 15 is 0 Å². The Hall–Kier alpha value is -0.560. The molecule has 0 bridgehead atoms. The first kappa shape index (κ1) is 16.9. The topological polar surface area (TPSA) is 33.5 Å². The first-order valence-electron chi connectivity index (χ1n) is 9.39. The molecule has 1 atom stereocenters. The summed E-state index contributed by atoms with van der Waals surface area (Å²) in [6.45, 7) is 8.64. The summed E-state index contributed by atoms with van der Waals surface area (Å²) in [5, 5.41) is 5.73. The Bertz CT molecular complexity index is 561. The lowest BCUT2D eigenvalue weighted by Crippen LogP contribution is -2.43. The maximum absolute atomic E-state index is 5.52. The zero-order chi connectivity index (χ0) is 16.6. The van der Waals surface area contributed by atoms with Gasteiger partial charge in [0.05, 0.1) is 18.9 Å². The van der Waals surface area contributed by atoms with E-state index in [4.69, 9.17) is 4.74 Å². The van der Waals surface area contributed by atoms with Crippen molar-refractivity contribution in [1.82, 2.24) is 19.0 Å². The largest absolute Gasteiger partial charge is 0.379 e. The fourth-order valence-electron chi connectivity index (χ4n) is 4.74. The number of morpholine rings is 1. The molecular formula is C18H30N4OS. The van der Waals surface area contributed by atoms with E-state index in [0.29, 0.717) is 5.41 Å². The van der Waals surface area contributed by atoms with Crippen molar-refractivity contribution in [2.24, 2.45) is 12.5 Å². The van der Waals surface area contributed by atoms with Gasteiger partial charge in [0.15, 0.2) is 0 Å². The van der Waals surface area contributed by atoms with Gasteiger partial charge in [0, 0.05) is 39.3 Å². The lowest BCUT2D eigenvalue weighted by Gasteiger charge is -2.40. The predicted molar refractivity (Wildman–Crippen MR) is 97.1 cm³/mol. The lowest BCUT2D eigenvalue weighted by molar-refractivity contribution is 0.0138. The second-order valence-corrected chi connectivity index (χ2v) is 8.93. The summed E-state index contributed by atoms with van der Waals surface area (Å²) in [6.07, 6.45) is 6.96.